The van der Waals surface area contributed by atoms with Gasteiger partial charge >= 0.3 is 0 Å². The number of hydrogen-bond donors (Lipinski definition) is 0. The smallest absolute Gasteiger partial charge is 0.259 e. The molecule has 126 valence electrons. The van der Waals surface area contributed by atoms with E-state index in [-0.39, 0.29) is 5.91 Å². The van der Waals surface area contributed by atoms with Gasteiger partial charge < -0.3 is 4.74 Å². The number of pyridine rings is 1. The van der Waals surface area contributed by atoms with Crippen molar-refractivity contribution in [3.05, 3.63) is 88.5 Å². The summed E-state index contributed by atoms with van der Waals surface area (Å²) < 4.78 is 6.12. The SMILES string of the molecule is COc1ccc(CN(C(=O)c2ccc(Br)cc2)c2ccccn2)cc1. The Bertz CT molecular complexity index is 834. The fraction of sp³-hybridized carbons (Fsp3) is 0.100. The number of aromatic nitrogens is 1. The number of methoxy groups -OCH3 is 1. The van der Waals surface area contributed by atoms with Crippen molar-refractivity contribution in [1.82, 2.24) is 4.98 Å². The lowest BCUT2D eigenvalue weighted by Gasteiger charge is -2.22. The zero-order valence-corrected chi connectivity index (χ0v) is 15.3. The number of benzene rings is 2. The highest BCUT2D eigenvalue weighted by molar-refractivity contribution is 9.10. The molecule has 0 aliphatic heterocycles. The fourth-order valence-corrected chi connectivity index (χ4v) is 2.70. The Morgan fingerprint density at radius 3 is 2.36 bits per heavy atom. The molecular formula is C20H17BrN2O2. The van der Waals surface area contributed by atoms with E-state index in [1.165, 1.54) is 0 Å². The molecule has 0 fully saturated rings. The minimum absolute atomic E-state index is 0.0954. The van der Waals surface area contributed by atoms with Crippen LogP contribution in [0.3, 0.4) is 0 Å². The van der Waals surface area contributed by atoms with Crippen molar-refractivity contribution in [2.24, 2.45) is 0 Å². The highest BCUT2D eigenvalue weighted by Gasteiger charge is 2.19. The van der Waals surface area contributed by atoms with Crippen molar-refractivity contribution >= 4 is 27.7 Å². The predicted octanol–water partition coefficient (Wildman–Crippen LogP) is 4.70. The van der Waals surface area contributed by atoms with Crippen molar-refractivity contribution in [3.8, 4) is 5.75 Å². The second-order valence-corrected chi connectivity index (χ2v) is 6.35. The van der Waals surface area contributed by atoms with Gasteiger partial charge in [0.1, 0.15) is 11.6 Å². The first-order chi connectivity index (χ1) is 12.2. The molecule has 3 rings (SSSR count). The second-order valence-electron chi connectivity index (χ2n) is 5.43. The Hall–Kier alpha value is -2.66. The van der Waals surface area contributed by atoms with Gasteiger partial charge in [0.05, 0.1) is 13.7 Å². The molecule has 0 radical (unpaired) electrons. The third-order valence-corrected chi connectivity index (χ3v) is 4.29. The van der Waals surface area contributed by atoms with Gasteiger partial charge in [0, 0.05) is 16.2 Å². The van der Waals surface area contributed by atoms with Gasteiger partial charge in [0.2, 0.25) is 0 Å². The second kappa shape index (κ2) is 7.94. The molecule has 3 aromatic rings. The average molecular weight is 397 g/mol. The highest BCUT2D eigenvalue weighted by atomic mass is 79.9. The molecule has 1 amide bonds. The number of halogens is 1. The van der Waals surface area contributed by atoms with Crippen LogP contribution in [0.15, 0.2) is 77.4 Å². The van der Waals surface area contributed by atoms with Crippen LogP contribution in [0, 0.1) is 0 Å². The minimum Gasteiger partial charge on any atom is -0.497 e. The minimum atomic E-state index is -0.0954. The van der Waals surface area contributed by atoms with Crippen molar-refractivity contribution in [2.45, 2.75) is 6.54 Å². The summed E-state index contributed by atoms with van der Waals surface area (Å²) in [5, 5.41) is 0. The third-order valence-electron chi connectivity index (χ3n) is 3.76. The standard InChI is InChI=1S/C20H17BrN2O2/c1-25-18-11-5-15(6-12-18)14-23(19-4-2-3-13-22-19)20(24)16-7-9-17(21)10-8-16/h2-13H,14H2,1H3. The van der Waals surface area contributed by atoms with Crippen LogP contribution in [-0.4, -0.2) is 18.0 Å². The maximum Gasteiger partial charge on any atom is 0.259 e. The number of ether oxygens (including phenoxy) is 1. The van der Waals surface area contributed by atoms with Gasteiger partial charge in [-0.25, -0.2) is 4.98 Å². The number of nitrogens with zero attached hydrogens (tertiary/aromatic N) is 2. The number of carbonyl (C=O) groups excluding carboxylic acids is 1. The maximum atomic E-state index is 13.0. The van der Waals surface area contributed by atoms with Gasteiger partial charge in [-0.2, -0.15) is 0 Å². The molecule has 0 saturated carbocycles. The molecule has 1 aromatic heterocycles. The molecule has 0 N–H and O–H groups in total. The summed E-state index contributed by atoms with van der Waals surface area (Å²) in [6.07, 6.45) is 1.69. The lowest BCUT2D eigenvalue weighted by molar-refractivity contribution is 0.0984. The van der Waals surface area contributed by atoms with Crippen LogP contribution in [0.2, 0.25) is 0 Å². The molecule has 2 aromatic carbocycles. The Labute approximate surface area is 155 Å². The lowest BCUT2D eigenvalue weighted by atomic mass is 10.1. The van der Waals surface area contributed by atoms with Crippen LogP contribution in [-0.2, 0) is 6.54 Å². The molecule has 4 nitrogen and oxygen atoms in total. The van der Waals surface area contributed by atoms with E-state index in [0.29, 0.717) is 17.9 Å². The lowest BCUT2D eigenvalue weighted by Crippen LogP contribution is -2.31. The van der Waals surface area contributed by atoms with E-state index in [1.807, 2.05) is 54.6 Å². The Morgan fingerprint density at radius 1 is 1.04 bits per heavy atom. The fourth-order valence-electron chi connectivity index (χ4n) is 2.43. The topological polar surface area (TPSA) is 42.4 Å². The van der Waals surface area contributed by atoms with Crippen LogP contribution in [0.25, 0.3) is 0 Å². The first-order valence-electron chi connectivity index (χ1n) is 7.79. The zero-order valence-electron chi connectivity index (χ0n) is 13.7. The zero-order chi connectivity index (χ0) is 17.6. The molecular weight excluding hydrogens is 380 g/mol. The van der Waals surface area contributed by atoms with Crippen LogP contribution in [0.1, 0.15) is 15.9 Å². The number of rotatable bonds is 5. The predicted molar refractivity (Wildman–Crippen MR) is 102 cm³/mol. The Morgan fingerprint density at radius 2 is 1.76 bits per heavy atom. The van der Waals surface area contributed by atoms with Crippen molar-refractivity contribution in [2.75, 3.05) is 12.0 Å². The summed E-state index contributed by atoms with van der Waals surface area (Å²) in [5.41, 5.74) is 1.61. The van der Waals surface area contributed by atoms with Crippen LogP contribution >= 0.6 is 15.9 Å². The molecule has 0 atom stereocenters. The summed E-state index contributed by atoms with van der Waals surface area (Å²) in [5.74, 6) is 1.31. The number of amides is 1. The molecule has 0 spiro atoms. The summed E-state index contributed by atoms with van der Waals surface area (Å²) in [4.78, 5) is 19.0. The number of hydrogen-bond acceptors (Lipinski definition) is 3. The van der Waals surface area contributed by atoms with E-state index in [1.54, 1.807) is 30.3 Å². The van der Waals surface area contributed by atoms with E-state index in [9.17, 15) is 4.79 Å². The summed E-state index contributed by atoms with van der Waals surface area (Å²) >= 11 is 3.39. The summed E-state index contributed by atoms with van der Waals surface area (Å²) in [7, 11) is 1.63. The van der Waals surface area contributed by atoms with Crippen molar-refractivity contribution in [1.29, 1.82) is 0 Å². The van der Waals surface area contributed by atoms with E-state index in [4.69, 9.17) is 4.74 Å². The van der Waals surface area contributed by atoms with E-state index < -0.39 is 0 Å². The van der Waals surface area contributed by atoms with Gasteiger partial charge in [0.25, 0.3) is 5.91 Å². The van der Waals surface area contributed by atoms with Gasteiger partial charge in [-0.3, -0.25) is 9.69 Å². The molecule has 0 unspecified atom stereocenters. The van der Waals surface area contributed by atoms with E-state index >= 15 is 0 Å². The van der Waals surface area contributed by atoms with Crippen LogP contribution in [0.5, 0.6) is 5.75 Å². The first kappa shape index (κ1) is 17.2. The van der Waals surface area contributed by atoms with Gasteiger partial charge in [0.15, 0.2) is 0 Å². The maximum absolute atomic E-state index is 13.0. The molecule has 0 aliphatic carbocycles. The van der Waals surface area contributed by atoms with E-state index in [0.717, 1.165) is 15.8 Å². The van der Waals surface area contributed by atoms with E-state index in [2.05, 4.69) is 20.9 Å². The largest absolute Gasteiger partial charge is 0.497 e. The van der Waals surface area contributed by atoms with Gasteiger partial charge in [-0.05, 0) is 54.1 Å². The highest BCUT2D eigenvalue weighted by Crippen LogP contribution is 2.20. The number of anilines is 1. The Balaban J connectivity index is 1.92. The van der Waals surface area contributed by atoms with Crippen molar-refractivity contribution in [3.63, 3.8) is 0 Å². The van der Waals surface area contributed by atoms with Crippen molar-refractivity contribution < 1.29 is 9.53 Å². The van der Waals surface area contributed by atoms with Crippen LogP contribution in [0.4, 0.5) is 5.82 Å². The quantitative estimate of drug-likeness (QED) is 0.627. The van der Waals surface area contributed by atoms with Crippen LogP contribution < -0.4 is 9.64 Å². The summed E-state index contributed by atoms with van der Waals surface area (Å²) in [6.45, 7) is 0.426. The molecule has 0 bridgehead atoms. The summed E-state index contributed by atoms with van der Waals surface area (Å²) in [6, 6.07) is 20.5. The molecule has 1 heterocycles. The first-order valence-corrected chi connectivity index (χ1v) is 8.58. The molecule has 0 aliphatic rings. The Kier molecular flexibility index (Phi) is 5.46. The third kappa shape index (κ3) is 4.25. The molecule has 25 heavy (non-hydrogen) atoms. The van der Waals surface area contributed by atoms with Gasteiger partial charge in [-0.15, -0.1) is 0 Å². The molecule has 0 saturated heterocycles. The normalized spacial score (nSPS) is 10.3. The average Bonchev–Trinajstić information content (AvgIpc) is 2.67. The van der Waals surface area contributed by atoms with Gasteiger partial charge in [-0.1, -0.05) is 34.1 Å². The number of carbonyl (C=O) groups is 1. The molecule has 5 heteroatoms. The monoisotopic (exact) mass is 396 g/mol.